The summed E-state index contributed by atoms with van der Waals surface area (Å²) in [5, 5.41) is 0.901. The van der Waals surface area contributed by atoms with Crippen molar-refractivity contribution in [2.75, 3.05) is 7.05 Å². The molecule has 1 amide bonds. The minimum Gasteiger partial charge on any atom is -0.272 e. The average Bonchev–Trinajstić information content (AvgIpc) is 2.96. The van der Waals surface area contributed by atoms with Gasteiger partial charge in [-0.05, 0) is 5.56 Å². The second-order valence-corrected chi connectivity index (χ2v) is 4.11. The van der Waals surface area contributed by atoms with E-state index >= 15 is 0 Å². The molecule has 0 aromatic heterocycles. The van der Waals surface area contributed by atoms with Crippen molar-refractivity contribution in [3.63, 3.8) is 0 Å². The van der Waals surface area contributed by atoms with Gasteiger partial charge in [0, 0.05) is 13.5 Å². The van der Waals surface area contributed by atoms with Gasteiger partial charge in [-0.2, -0.15) is 0 Å². The van der Waals surface area contributed by atoms with Gasteiger partial charge in [-0.3, -0.25) is 9.63 Å². The van der Waals surface area contributed by atoms with Crippen LogP contribution in [-0.4, -0.2) is 23.9 Å². The van der Waals surface area contributed by atoms with Crippen molar-refractivity contribution < 1.29 is 18.4 Å². The van der Waals surface area contributed by atoms with Crippen molar-refractivity contribution in [1.29, 1.82) is 0 Å². The molecule has 1 saturated carbocycles. The van der Waals surface area contributed by atoms with Crippen molar-refractivity contribution in [2.24, 2.45) is 5.92 Å². The summed E-state index contributed by atoms with van der Waals surface area (Å²) in [5.41, 5.74) is 0.884. The van der Waals surface area contributed by atoms with Crippen LogP contribution in [0.4, 0.5) is 8.78 Å². The summed E-state index contributed by atoms with van der Waals surface area (Å²) in [6.07, 6.45) is -0.370. The topological polar surface area (TPSA) is 29.5 Å². The largest absolute Gasteiger partial charge is 0.272 e. The molecule has 1 fully saturated rings. The summed E-state index contributed by atoms with van der Waals surface area (Å²) in [6, 6.07) is 9.22. The zero-order valence-corrected chi connectivity index (χ0v) is 9.40. The van der Waals surface area contributed by atoms with Gasteiger partial charge in [0.1, 0.15) is 12.5 Å². The van der Waals surface area contributed by atoms with Crippen LogP contribution in [0.2, 0.25) is 0 Å². The van der Waals surface area contributed by atoms with E-state index in [2.05, 4.69) is 0 Å². The Hall–Kier alpha value is -1.49. The number of halogens is 2. The number of hydrogen-bond donors (Lipinski definition) is 0. The van der Waals surface area contributed by atoms with Gasteiger partial charge in [-0.25, -0.2) is 13.8 Å². The average molecular weight is 241 g/mol. The van der Waals surface area contributed by atoms with Crippen LogP contribution in [0.3, 0.4) is 0 Å². The van der Waals surface area contributed by atoms with E-state index in [1.54, 1.807) is 0 Å². The molecule has 3 nitrogen and oxygen atoms in total. The molecule has 1 aliphatic rings. The van der Waals surface area contributed by atoms with E-state index in [4.69, 9.17) is 4.84 Å². The van der Waals surface area contributed by atoms with Gasteiger partial charge < -0.3 is 0 Å². The Labute approximate surface area is 97.9 Å². The Morgan fingerprint density at radius 2 is 2.06 bits per heavy atom. The van der Waals surface area contributed by atoms with Crippen molar-refractivity contribution >= 4 is 5.91 Å². The van der Waals surface area contributed by atoms with E-state index in [0.29, 0.717) is 0 Å². The lowest BCUT2D eigenvalue weighted by molar-refractivity contribution is -0.186. The molecule has 5 heteroatoms. The van der Waals surface area contributed by atoms with Crippen molar-refractivity contribution in [3.8, 4) is 0 Å². The number of hydroxylamine groups is 2. The first-order valence-electron chi connectivity index (χ1n) is 5.33. The lowest BCUT2D eigenvalue weighted by Crippen LogP contribution is -2.30. The first-order valence-corrected chi connectivity index (χ1v) is 5.33. The van der Waals surface area contributed by atoms with Crippen LogP contribution in [0.5, 0.6) is 0 Å². The molecule has 17 heavy (non-hydrogen) atoms. The van der Waals surface area contributed by atoms with Gasteiger partial charge in [0.25, 0.3) is 11.8 Å². The summed E-state index contributed by atoms with van der Waals surface area (Å²) in [5.74, 6) is -4.71. The quantitative estimate of drug-likeness (QED) is 0.756. The highest BCUT2D eigenvalue weighted by atomic mass is 19.3. The van der Waals surface area contributed by atoms with E-state index in [1.807, 2.05) is 30.3 Å². The third-order valence-corrected chi connectivity index (χ3v) is 2.70. The zero-order chi connectivity index (χ0) is 12.5. The normalized spacial score (nSPS) is 21.0. The lowest BCUT2D eigenvalue weighted by Gasteiger charge is -2.16. The third-order valence-electron chi connectivity index (χ3n) is 2.70. The predicted molar refractivity (Wildman–Crippen MR) is 57.1 cm³/mol. The molecule has 0 bridgehead atoms. The molecule has 2 rings (SSSR count). The fourth-order valence-electron chi connectivity index (χ4n) is 1.51. The third kappa shape index (κ3) is 2.79. The van der Waals surface area contributed by atoms with Gasteiger partial charge in [0.15, 0.2) is 0 Å². The fraction of sp³-hybridized carbons (Fsp3) is 0.417. The second kappa shape index (κ2) is 4.41. The Morgan fingerprint density at radius 3 is 2.59 bits per heavy atom. The molecule has 92 valence electrons. The molecule has 0 heterocycles. The predicted octanol–water partition coefficient (Wildman–Crippen LogP) is 2.23. The summed E-state index contributed by atoms with van der Waals surface area (Å²) in [7, 11) is 1.36. The number of nitrogens with zero attached hydrogens (tertiary/aromatic N) is 1. The summed E-state index contributed by atoms with van der Waals surface area (Å²) >= 11 is 0. The molecule has 1 unspecified atom stereocenters. The van der Waals surface area contributed by atoms with E-state index in [9.17, 15) is 13.6 Å². The second-order valence-electron chi connectivity index (χ2n) is 4.11. The standard InChI is InChI=1S/C12H13F2NO2/c1-15(11(16)10-7-12(10,13)14)17-8-9-5-3-2-4-6-9/h2-6,10H,7-8H2,1H3. The number of amides is 1. The van der Waals surface area contributed by atoms with Gasteiger partial charge in [-0.15, -0.1) is 0 Å². The van der Waals surface area contributed by atoms with Crippen molar-refractivity contribution in [1.82, 2.24) is 5.06 Å². The summed E-state index contributed by atoms with van der Waals surface area (Å²) in [4.78, 5) is 16.6. The summed E-state index contributed by atoms with van der Waals surface area (Å²) in [6.45, 7) is 0.196. The molecule has 1 aromatic carbocycles. The molecule has 0 radical (unpaired) electrons. The van der Waals surface area contributed by atoms with E-state index in [0.717, 1.165) is 10.6 Å². The number of rotatable bonds is 4. The maximum Gasteiger partial charge on any atom is 0.260 e. The van der Waals surface area contributed by atoms with Crippen LogP contribution in [-0.2, 0) is 16.2 Å². The number of hydrogen-bond acceptors (Lipinski definition) is 2. The highest BCUT2D eigenvalue weighted by molar-refractivity contribution is 5.81. The number of carbonyl (C=O) groups excluding carboxylic acids is 1. The molecule has 0 N–H and O–H groups in total. The van der Waals surface area contributed by atoms with Crippen molar-refractivity contribution in [3.05, 3.63) is 35.9 Å². The molecular weight excluding hydrogens is 228 g/mol. The minimum atomic E-state index is -2.85. The Kier molecular flexibility index (Phi) is 3.11. The molecular formula is C12H13F2NO2. The molecule has 0 spiro atoms. The number of alkyl halides is 2. The molecule has 0 saturated heterocycles. The van der Waals surface area contributed by atoms with Crippen LogP contribution in [0, 0.1) is 5.92 Å². The molecule has 1 aromatic rings. The molecule has 1 atom stereocenters. The molecule has 1 aliphatic carbocycles. The Balaban J connectivity index is 1.82. The van der Waals surface area contributed by atoms with Crippen LogP contribution >= 0.6 is 0 Å². The van der Waals surface area contributed by atoms with Crippen LogP contribution < -0.4 is 0 Å². The first kappa shape index (κ1) is 12.0. The highest BCUT2D eigenvalue weighted by Crippen LogP contribution is 2.49. The molecule has 0 aliphatic heterocycles. The minimum absolute atomic E-state index is 0.196. The van der Waals surface area contributed by atoms with Gasteiger partial charge >= 0.3 is 0 Å². The van der Waals surface area contributed by atoms with Crippen LogP contribution in [0.1, 0.15) is 12.0 Å². The highest BCUT2D eigenvalue weighted by Gasteiger charge is 2.62. The maximum atomic E-state index is 12.7. The lowest BCUT2D eigenvalue weighted by atomic mass is 10.2. The Bertz CT molecular complexity index is 408. The van der Waals surface area contributed by atoms with E-state index < -0.39 is 17.7 Å². The van der Waals surface area contributed by atoms with Crippen LogP contribution in [0.25, 0.3) is 0 Å². The maximum absolute atomic E-state index is 12.7. The van der Waals surface area contributed by atoms with Crippen molar-refractivity contribution in [2.45, 2.75) is 19.0 Å². The SMILES string of the molecule is CN(OCc1ccccc1)C(=O)C1CC1(F)F. The van der Waals surface area contributed by atoms with Gasteiger partial charge in [0.05, 0.1) is 0 Å². The monoisotopic (exact) mass is 241 g/mol. The smallest absolute Gasteiger partial charge is 0.260 e. The van der Waals surface area contributed by atoms with Gasteiger partial charge in [0.2, 0.25) is 0 Å². The van der Waals surface area contributed by atoms with Crippen LogP contribution in [0.15, 0.2) is 30.3 Å². The van der Waals surface area contributed by atoms with E-state index in [1.165, 1.54) is 7.05 Å². The van der Waals surface area contributed by atoms with Gasteiger partial charge in [-0.1, -0.05) is 30.3 Å². The number of carbonyl (C=O) groups is 1. The van der Waals surface area contributed by atoms with E-state index in [-0.39, 0.29) is 13.0 Å². The number of benzene rings is 1. The fourth-order valence-corrected chi connectivity index (χ4v) is 1.51. The summed E-state index contributed by atoms with van der Waals surface area (Å²) < 4.78 is 25.3. The Morgan fingerprint density at radius 1 is 1.47 bits per heavy atom. The first-order chi connectivity index (χ1) is 8.00. The zero-order valence-electron chi connectivity index (χ0n) is 9.40.